The Kier molecular flexibility index (Phi) is 4.66. The van der Waals surface area contributed by atoms with Gasteiger partial charge in [-0.3, -0.25) is 0 Å². The van der Waals surface area contributed by atoms with Gasteiger partial charge in [-0.15, -0.1) is 11.6 Å². The van der Waals surface area contributed by atoms with Gasteiger partial charge in [0.15, 0.2) is 0 Å². The molecule has 0 aromatic heterocycles. The summed E-state index contributed by atoms with van der Waals surface area (Å²) in [4.78, 5) is 0. The maximum Gasteiger partial charge on any atom is 0.142 e. The summed E-state index contributed by atoms with van der Waals surface area (Å²) < 4.78 is 13.2. The quantitative estimate of drug-likeness (QED) is 0.819. The average molecular weight is 276 g/mol. The standard InChI is InChI=1S/C13H16Cl2FN/c14-10-5-1-2-7-12(10)17-8-9-4-3-6-11(16)13(9)15/h3-4,6,10,12,17H,1-2,5,7-8H2. The number of alkyl halides is 1. The zero-order chi connectivity index (χ0) is 12.3. The van der Waals surface area contributed by atoms with Crippen LogP contribution in [0.2, 0.25) is 5.02 Å². The molecule has 1 N–H and O–H groups in total. The first-order valence-corrected chi connectivity index (χ1v) is 6.80. The van der Waals surface area contributed by atoms with E-state index in [4.69, 9.17) is 23.2 Å². The van der Waals surface area contributed by atoms with Crippen LogP contribution in [-0.4, -0.2) is 11.4 Å². The molecule has 1 nitrogen and oxygen atoms in total. The Morgan fingerprint density at radius 2 is 2.06 bits per heavy atom. The molecule has 1 fully saturated rings. The third-order valence-electron chi connectivity index (χ3n) is 3.27. The number of rotatable bonds is 3. The second-order valence-electron chi connectivity index (χ2n) is 4.50. The molecule has 0 bridgehead atoms. The van der Waals surface area contributed by atoms with Gasteiger partial charge in [0.05, 0.1) is 5.02 Å². The molecule has 17 heavy (non-hydrogen) atoms. The van der Waals surface area contributed by atoms with Crippen LogP contribution in [0.4, 0.5) is 4.39 Å². The van der Waals surface area contributed by atoms with Crippen LogP contribution < -0.4 is 5.32 Å². The first-order valence-electron chi connectivity index (χ1n) is 5.99. The van der Waals surface area contributed by atoms with E-state index in [1.165, 1.54) is 18.9 Å². The molecule has 4 heteroatoms. The zero-order valence-corrected chi connectivity index (χ0v) is 11.1. The van der Waals surface area contributed by atoms with Gasteiger partial charge in [-0.25, -0.2) is 4.39 Å². The van der Waals surface area contributed by atoms with Gasteiger partial charge in [0.2, 0.25) is 0 Å². The van der Waals surface area contributed by atoms with Crippen LogP contribution >= 0.6 is 23.2 Å². The molecular formula is C13H16Cl2FN. The van der Waals surface area contributed by atoms with Crippen molar-refractivity contribution in [3.8, 4) is 0 Å². The molecule has 94 valence electrons. The van der Waals surface area contributed by atoms with Crippen LogP contribution in [0.1, 0.15) is 31.2 Å². The van der Waals surface area contributed by atoms with Crippen molar-refractivity contribution in [2.24, 2.45) is 0 Å². The lowest BCUT2D eigenvalue weighted by molar-refractivity contribution is 0.378. The molecule has 1 aliphatic carbocycles. The predicted octanol–water partition coefficient (Wildman–Crippen LogP) is 4.12. The van der Waals surface area contributed by atoms with E-state index in [0.717, 1.165) is 18.4 Å². The molecule has 0 aliphatic heterocycles. The number of nitrogens with one attached hydrogen (secondary N) is 1. The van der Waals surface area contributed by atoms with Crippen molar-refractivity contribution in [1.82, 2.24) is 5.32 Å². The fourth-order valence-electron chi connectivity index (χ4n) is 2.24. The van der Waals surface area contributed by atoms with Gasteiger partial charge >= 0.3 is 0 Å². The summed E-state index contributed by atoms with van der Waals surface area (Å²) in [6.45, 7) is 0.574. The monoisotopic (exact) mass is 275 g/mol. The first kappa shape index (κ1) is 13.1. The van der Waals surface area contributed by atoms with Crippen molar-refractivity contribution < 1.29 is 4.39 Å². The van der Waals surface area contributed by atoms with E-state index in [0.29, 0.717) is 12.6 Å². The number of hydrogen-bond acceptors (Lipinski definition) is 1. The second kappa shape index (κ2) is 6.03. The van der Waals surface area contributed by atoms with Crippen LogP contribution in [0.5, 0.6) is 0 Å². The molecule has 1 saturated carbocycles. The fourth-order valence-corrected chi connectivity index (χ4v) is 2.80. The molecule has 0 radical (unpaired) electrons. The molecule has 2 atom stereocenters. The third-order valence-corrected chi connectivity index (χ3v) is 4.21. The molecule has 0 saturated heterocycles. The lowest BCUT2D eigenvalue weighted by Crippen LogP contribution is -2.38. The van der Waals surface area contributed by atoms with Crippen molar-refractivity contribution in [1.29, 1.82) is 0 Å². The Morgan fingerprint density at radius 3 is 2.82 bits per heavy atom. The summed E-state index contributed by atoms with van der Waals surface area (Å²) in [5, 5.41) is 3.76. The molecule has 0 heterocycles. The number of halogens is 3. The highest BCUT2D eigenvalue weighted by Gasteiger charge is 2.22. The van der Waals surface area contributed by atoms with Gasteiger partial charge in [0, 0.05) is 18.0 Å². The lowest BCUT2D eigenvalue weighted by Gasteiger charge is -2.28. The normalized spacial score (nSPS) is 24.9. The first-order chi connectivity index (χ1) is 8.18. The molecule has 1 aromatic carbocycles. The van der Waals surface area contributed by atoms with Crippen LogP contribution in [0.3, 0.4) is 0 Å². The Labute approximate surface area is 111 Å². The minimum atomic E-state index is -0.364. The highest BCUT2D eigenvalue weighted by atomic mass is 35.5. The summed E-state index contributed by atoms with van der Waals surface area (Å²) in [7, 11) is 0. The van der Waals surface area contributed by atoms with Gasteiger partial charge in [-0.2, -0.15) is 0 Å². The minimum absolute atomic E-state index is 0.177. The second-order valence-corrected chi connectivity index (χ2v) is 5.44. The van der Waals surface area contributed by atoms with Crippen molar-refractivity contribution in [2.45, 2.75) is 43.6 Å². The summed E-state index contributed by atoms with van der Waals surface area (Å²) in [6, 6.07) is 5.20. The Hall–Kier alpha value is -0.310. The molecule has 0 spiro atoms. The van der Waals surface area contributed by atoms with Crippen LogP contribution in [0.15, 0.2) is 18.2 Å². The summed E-state index contributed by atoms with van der Waals surface area (Å²) in [6.07, 6.45) is 4.54. The van der Waals surface area contributed by atoms with Crippen molar-refractivity contribution in [3.63, 3.8) is 0 Å². The number of hydrogen-bond donors (Lipinski definition) is 1. The number of benzene rings is 1. The van der Waals surface area contributed by atoms with Gasteiger partial charge in [0.25, 0.3) is 0 Å². The van der Waals surface area contributed by atoms with E-state index in [2.05, 4.69) is 5.32 Å². The minimum Gasteiger partial charge on any atom is -0.308 e. The van der Waals surface area contributed by atoms with Gasteiger partial charge in [0.1, 0.15) is 5.82 Å². The molecule has 2 unspecified atom stereocenters. The topological polar surface area (TPSA) is 12.0 Å². The Bertz CT molecular complexity index is 384. The predicted molar refractivity (Wildman–Crippen MR) is 70.1 cm³/mol. The van der Waals surface area contributed by atoms with Crippen molar-refractivity contribution in [3.05, 3.63) is 34.6 Å². The summed E-state index contributed by atoms with van der Waals surface area (Å²) in [5.41, 5.74) is 0.793. The SMILES string of the molecule is Fc1cccc(CNC2CCCCC2Cl)c1Cl. The zero-order valence-electron chi connectivity index (χ0n) is 9.56. The van der Waals surface area contributed by atoms with Crippen LogP contribution in [-0.2, 0) is 6.54 Å². The van der Waals surface area contributed by atoms with Crippen LogP contribution in [0.25, 0.3) is 0 Å². The molecular weight excluding hydrogens is 260 g/mol. The van der Waals surface area contributed by atoms with Crippen molar-refractivity contribution >= 4 is 23.2 Å². The molecule has 0 amide bonds. The summed E-state index contributed by atoms with van der Waals surface area (Å²) >= 11 is 12.1. The molecule has 1 aliphatic rings. The van der Waals surface area contributed by atoms with Crippen molar-refractivity contribution in [2.75, 3.05) is 0 Å². The van der Waals surface area contributed by atoms with Gasteiger partial charge < -0.3 is 5.32 Å². The Balaban J connectivity index is 1.95. The average Bonchev–Trinajstić information content (AvgIpc) is 2.33. The lowest BCUT2D eigenvalue weighted by atomic mass is 9.95. The van der Waals surface area contributed by atoms with E-state index in [9.17, 15) is 4.39 Å². The smallest absolute Gasteiger partial charge is 0.142 e. The highest BCUT2D eigenvalue weighted by molar-refractivity contribution is 6.31. The summed E-state index contributed by atoms with van der Waals surface area (Å²) in [5.74, 6) is -0.364. The highest BCUT2D eigenvalue weighted by Crippen LogP contribution is 2.24. The molecule has 1 aromatic rings. The van der Waals surface area contributed by atoms with E-state index < -0.39 is 0 Å². The van der Waals surface area contributed by atoms with Gasteiger partial charge in [-0.1, -0.05) is 36.6 Å². The van der Waals surface area contributed by atoms with E-state index in [1.807, 2.05) is 6.07 Å². The van der Waals surface area contributed by atoms with E-state index in [1.54, 1.807) is 6.07 Å². The van der Waals surface area contributed by atoms with Gasteiger partial charge in [-0.05, 0) is 24.5 Å². The third kappa shape index (κ3) is 3.34. The fraction of sp³-hybridized carbons (Fsp3) is 0.538. The Morgan fingerprint density at radius 1 is 1.29 bits per heavy atom. The maximum absolute atomic E-state index is 13.2. The molecule has 2 rings (SSSR count). The largest absolute Gasteiger partial charge is 0.308 e. The van der Waals surface area contributed by atoms with Crippen LogP contribution in [0, 0.1) is 5.82 Å². The van der Waals surface area contributed by atoms with E-state index >= 15 is 0 Å². The van der Waals surface area contributed by atoms with E-state index in [-0.39, 0.29) is 16.2 Å². The maximum atomic E-state index is 13.2.